The number of amides is 1. The molecule has 0 saturated carbocycles. The van der Waals surface area contributed by atoms with E-state index in [1.54, 1.807) is 31.2 Å². The fourth-order valence-corrected chi connectivity index (χ4v) is 3.27. The van der Waals surface area contributed by atoms with E-state index in [9.17, 15) is 19.5 Å². The van der Waals surface area contributed by atoms with E-state index in [1.165, 1.54) is 28.8 Å². The van der Waals surface area contributed by atoms with Crippen molar-refractivity contribution in [3.05, 3.63) is 70.0 Å². The molecule has 0 atom stereocenters. The number of hydrogen-bond donors (Lipinski definition) is 2. The highest BCUT2D eigenvalue weighted by Gasteiger charge is 2.23. The second-order valence-corrected chi connectivity index (χ2v) is 7.30. The van der Waals surface area contributed by atoms with Gasteiger partial charge in [0, 0.05) is 23.2 Å². The molecule has 0 saturated heterocycles. The summed E-state index contributed by atoms with van der Waals surface area (Å²) in [6.07, 6.45) is -0.597. The highest BCUT2D eigenvalue weighted by molar-refractivity contribution is 6.13. The number of nitrogens with zero attached hydrogens (tertiary/aromatic N) is 1. The molecule has 0 unspecified atom stereocenters. The molecule has 0 aliphatic heterocycles. The third-order valence-electron chi connectivity index (χ3n) is 4.59. The van der Waals surface area contributed by atoms with Crippen LogP contribution in [0.3, 0.4) is 0 Å². The smallest absolute Gasteiger partial charge is 0.411 e. The van der Waals surface area contributed by atoms with Gasteiger partial charge in [0.15, 0.2) is 0 Å². The van der Waals surface area contributed by atoms with Crippen molar-refractivity contribution in [1.29, 1.82) is 0 Å². The van der Waals surface area contributed by atoms with Gasteiger partial charge in [-0.3, -0.25) is 14.9 Å². The number of fused-ring (bicyclic) bond motifs is 1. The van der Waals surface area contributed by atoms with Gasteiger partial charge in [0.05, 0.1) is 12.1 Å². The summed E-state index contributed by atoms with van der Waals surface area (Å²) < 4.78 is 6.35. The lowest BCUT2D eigenvalue weighted by molar-refractivity contribution is 0.103. The summed E-state index contributed by atoms with van der Waals surface area (Å²) in [4.78, 5) is 37.8. The molecule has 3 aromatic rings. The van der Waals surface area contributed by atoms with Crippen LogP contribution >= 0.6 is 0 Å². The molecular formula is C23H24N2O5. The van der Waals surface area contributed by atoms with Crippen LogP contribution in [0.25, 0.3) is 10.9 Å². The van der Waals surface area contributed by atoms with Crippen LogP contribution in [0.2, 0.25) is 0 Å². The highest BCUT2D eigenvalue weighted by atomic mass is 16.5. The van der Waals surface area contributed by atoms with E-state index in [1.807, 2.05) is 13.8 Å². The molecule has 0 aliphatic carbocycles. The van der Waals surface area contributed by atoms with Crippen LogP contribution in [0.15, 0.2) is 53.3 Å². The van der Waals surface area contributed by atoms with E-state index < -0.39 is 17.4 Å². The topological polar surface area (TPSA) is 97.6 Å². The first kappa shape index (κ1) is 21.1. The molecule has 0 spiro atoms. The van der Waals surface area contributed by atoms with Crippen LogP contribution in [0.1, 0.15) is 36.7 Å². The second-order valence-electron chi connectivity index (χ2n) is 7.30. The van der Waals surface area contributed by atoms with Crippen LogP contribution in [-0.4, -0.2) is 28.2 Å². The maximum absolute atomic E-state index is 13.1. The van der Waals surface area contributed by atoms with Crippen LogP contribution in [0.5, 0.6) is 5.75 Å². The Morgan fingerprint density at radius 2 is 1.77 bits per heavy atom. The van der Waals surface area contributed by atoms with Crippen molar-refractivity contribution in [2.45, 2.75) is 27.3 Å². The summed E-state index contributed by atoms with van der Waals surface area (Å²) in [5.74, 6) is -0.732. The Morgan fingerprint density at radius 3 is 2.40 bits per heavy atom. The zero-order valence-corrected chi connectivity index (χ0v) is 17.1. The number of anilines is 1. The van der Waals surface area contributed by atoms with Gasteiger partial charge in [-0.1, -0.05) is 26.0 Å². The number of hydrogen-bond acceptors (Lipinski definition) is 5. The van der Waals surface area contributed by atoms with Crippen molar-refractivity contribution in [2.75, 3.05) is 11.9 Å². The largest absolute Gasteiger partial charge is 0.506 e. The number of carbonyl (C=O) groups excluding carboxylic acids is 2. The molecule has 0 fully saturated rings. The van der Waals surface area contributed by atoms with E-state index in [0.29, 0.717) is 23.1 Å². The lowest BCUT2D eigenvalue weighted by Crippen LogP contribution is -2.29. The number of carbonyl (C=O) groups is 2. The number of aromatic nitrogens is 1. The number of aromatic hydroxyl groups is 1. The molecule has 30 heavy (non-hydrogen) atoms. The number of para-hydroxylation sites is 1. The van der Waals surface area contributed by atoms with E-state index >= 15 is 0 Å². The number of pyridine rings is 1. The Kier molecular flexibility index (Phi) is 6.20. The lowest BCUT2D eigenvalue weighted by atomic mass is 10.0. The monoisotopic (exact) mass is 408 g/mol. The Hall–Kier alpha value is -3.61. The number of ketones is 1. The first-order valence-electron chi connectivity index (χ1n) is 9.76. The molecule has 0 bridgehead atoms. The van der Waals surface area contributed by atoms with Gasteiger partial charge in [-0.25, -0.2) is 4.79 Å². The molecule has 1 aromatic heterocycles. The highest BCUT2D eigenvalue weighted by Crippen LogP contribution is 2.28. The summed E-state index contributed by atoms with van der Waals surface area (Å²) in [5, 5.41) is 13.7. The summed E-state index contributed by atoms with van der Waals surface area (Å²) in [5.41, 5.74) is 0.464. The van der Waals surface area contributed by atoms with Crippen LogP contribution < -0.4 is 10.9 Å². The maximum atomic E-state index is 13.1. The Morgan fingerprint density at radius 1 is 1.10 bits per heavy atom. The van der Waals surface area contributed by atoms with Gasteiger partial charge in [-0.15, -0.1) is 0 Å². The number of rotatable bonds is 6. The minimum absolute atomic E-state index is 0.173. The molecule has 0 radical (unpaired) electrons. The third-order valence-corrected chi connectivity index (χ3v) is 4.59. The molecule has 1 heterocycles. The van der Waals surface area contributed by atoms with E-state index in [0.717, 1.165) is 0 Å². The molecule has 2 N–H and O–H groups in total. The number of nitrogens with one attached hydrogen (secondary N) is 1. The maximum Gasteiger partial charge on any atom is 0.411 e. The van der Waals surface area contributed by atoms with Gasteiger partial charge >= 0.3 is 6.09 Å². The standard InChI is InChI=1S/C23H24N2O5/c1-4-30-23(29)24-16-11-9-15(10-12-16)20(26)19-21(27)17-7-5-6-8-18(17)25(22(19)28)13-14(2)3/h5-12,14,27H,4,13H2,1-3H3,(H,24,29). The average molecular weight is 408 g/mol. The van der Waals surface area contributed by atoms with Crippen molar-refractivity contribution in [1.82, 2.24) is 4.57 Å². The quantitative estimate of drug-likeness (QED) is 0.597. The fraction of sp³-hybridized carbons (Fsp3) is 0.261. The zero-order chi connectivity index (χ0) is 21.8. The minimum Gasteiger partial charge on any atom is -0.506 e. The molecule has 3 rings (SSSR count). The third kappa shape index (κ3) is 4.20. The van der Waals surface area contributed by atoms with Crippen LogP contribution in [0.4, 0.5) is 10.5 Å². The molecule has 1 amide bonds. The Labute approximate surface area is 173 Å². The predicted octanol–water partition coefficient (Wildman–Crippen LogP) is 4.16. The van der Waals surface area contributed by atoms with Gasteiger partial charge in [-0.05, 0) is 49.2 Å². The minimum atomic E-state index is -0.597. The Bertz CT molecular complexity index is 1150. The predicted molar refractivity (Wildman–Crippen MR) is 115 cm³/mol. The Balaban J connectivity index is 2.05. The van der Waals surface area contributed by atoms with Crippen molar-refractivity contribution in [2.24, 2.45) is 5.92 Å². The molecular weight excluding hydrogens is 384 g/mol. The van der Waals surface area contributed by atoms with Crippen molar-refractivity contribution < 1.29 is 19.4 Å². The van der Waals surface area contributed by atoms with Crippen molar-refractivity contribution in [3.8, 4) is 5.75 Å². The van der Waals surface area contributed by atoms with Crippen molar-refractivity contribution in [3.63, 3.8) is 0 Å². The molecule has 2 aromatic carbocycles. The van der Waals surface area contributed by atoms with Gasteiger partial charge in [0.1, 0.15) is 11.3 Å². The molecule has 0 aliphatic rings. The summed E-state index contributed by atoms with van der Waals surface area (Å²) in [7, 11) is 0. The summed E-state index contributed by atoms with van der Waals surface area (Å²) in [6.45, 7) is 6.31. The normalized spacial score (nSPS) is 10.9. The van der Waals surface area contributed by atoms with E-state index in [-0.39, 0.29) is 29.4 Å². The van der Waals surface area contributed by atoms with Gasteiger partial charge < -0.3 is 14.4 Å². The average Bonchev–Trinajstić information content (AvgIpc) is 2.71. The molecule has 7 heteroatoms. The first-order chi connectivity index (χ1) is 14.3. The fourth-order valence-electron chi connectivity index (χ4n) is 3.27. The van der Waals surface area contributed by atoms with Crippen LogP contribution in [-0.2, 0) is 11.3 Å². The summed E-state index contributed by atoms with van der Waals surface area (Å²) in [6, 6.07) is 13.0. The second kappa shape index (κ2) is 8.82. The lowest BCUT2D eigenvalue weighted by Gasteiger charge is -2.16. The van der Waals surface area contributed by atoms with E-state index in [2.05, 4.69) is 5.32 Å². The van der Waals surface area contributed by atoms with Gasteiger partial charge in [-0.2, -0.15) is 0 Å². The van der Waals surface area contributed by atoms with Crippen molar-refractivity contribution >= 4 is 28.5 Å². The number of benzene rings is 2. The zero-order valence-electron chi connectivity index (χ0n) is 17.1. The van der Waals surface area contributed by atoms with Crippen LogP contribution in [0, 0.1) is 5.92 Å². The van der Waals surface area contributed by atoms with Gasteiger partial charge in [0.2, 0.25) is 5.78 Å². The summed E-state index contributed by atoms with van der Waals surface area (Å²) >= 11 is 0. The number of ether oxygens (including phenoxy) is 1. The molecule has 156 valence electrons. The van der Waals surface area contributed by atoms with E-state index in [4.69, 9.17) is 4.74 Å². The first-order valence-corrected chi connectivity index (χ1v) is 9.76. The SMILES string of the molecule is CCOC(=O)Nc1ccc(C(=O)c2c(O)c3ccccc3n(CC(C)C)c2=O)cc1. The molecule has 7 nitrogen and oxygen atoms in total. The van der Waals surface area contributed by atoms with Gasteiger partial charge in [0.25, 0.3) is 5.56 Å².